The van der Waals surface area contributed by atoms with Crippen molar-refractivity contribution in [2.24, 2.45) is 0 Å². The van der Waals surface area contributed by atoms with Crippen LogP contribution in [0.2, 0.25) is 0 Å². The number of alkyl halides is 1. The third-order valence-electron chi connectivity index (χ3n) is 6.32. The van der Waals surface area contributed by atoms with Crippen molar-refractivity contribution in [1.29, 1.82) is 0 Å². The predicted octanol–water partition coefficient (Wildman–Crippen LogP) is 3.60. The predicted molar refractivity (Wildman–Crippen MR) is 127 cm³/mol. The highest BCUT2D eigenvalue weighted by Gasteiger charge is 2.33. The minimum atomic E-state index is -3.45. The number of rotatable bonds is 5. The molecule has 0 N–H and O–H groups in total. The van der Waals surface area contributed by atoms with Crippen molar-refractivity contribution in [3.63, 3.8) is 0 Å². The van der Waals surface area contributed by atoms with Crippen molar-refractivity contribution in [2.45, 2.75) is 31.6 Å². The van der Waals surface area contributed by atoms with Crippen molar-refractivity contribution in [3.05, 3.63) is 65.6 Å². The van der Waals surface area contributed by atoms with Crippen LogP contribution in [0.5, 0.6) is 0 Å². The monoisotopic (exact) mass is 504 g/mol. The number of carbonyl (C=O) groups excluding carboxylic acids is 1. The van der Waals surface area contributed by atoms with Crippen LogP contribution in [0, 0.1) is 11.6 Å². The van der Waals surface area contributed by atoms with E-state index in [0.29, 0.717) is 24.7 Å². The molecule has 1 aromatic heterocycles. The quantitative estimate of drug-likeness (QED) is 0.531. The van der Waals surface area contributed by atoms with Crippen molar-refractivity contribution in [3.8, 4) is 0 Å². The van der Waals surface area contributed by atoms with Gasteiger partial charge in [-0.2, -0.15) is 0 Å². The van der Waals surface area contributed by atoms with Gasteiger partial charge in [-0.25, -0.2) is 26.6 Å². The molecule has 0 bridgehead atoms. The van der Waals surface area contributed by atoms with Crippen LogP contribution in [0.15, 0.2) is 53.9 Å². The molecule has 3 heterocycles. The Balaban J connectivity index is 1.56. The first-order valence-electron chi connectivity index (χ1n) is 11.2. The lowest BCUT2D eigenvalue weighted by Crippen LogP contribution is -2.43. The molecule has 11 heteroatoms. The molecular weight excluding hydrogens is 481 g/mol. The zero-order valence-corrected chi connectivity index (χ0v) is 19.5. The third kappa shape index (κ3) is 4.64. The number of para-hydroxylation sites is 1. The fraction of sp³-hybridized carbons (Fsp3) is 0.333. The summed E-state index contributed by atoms with van der Waals surface area (Å²) >= 11 is 0. The van der Waals surface area contributed by atoms with Crippen molar-refractivity contribution >= 4 is 38.4 Å². The normalized spacial score (nSPS) is 20.0. The molecule has 5 rings (SSSR count). The van der Waals surface area contributed by atoms with Gasteiger partial charge in [0.2, 0.25) is 11.9 Å². The highest BCUT2D eigenvalue weighted by atomic mass is 32.2. The van der Waals surface area contributed by atoms with Gasteiger partial charge in [0.05, 0.1) is 22.8 Å². The van der Waals surface area contributed by atoms with Gasteiger partial charge in [-0.3, -0.25) is 4.79 Å². The Morgan fingerprint density at radius 2 is 1.77 bits per heavy atom. The second-order valence-electron chi connectivity index (χ2n) is 8.74. The maximum atomic E-state index is 14.2. The van der Waals surface area contributed by atoms with E-state index >= 15 is 0 Å². The lowest BCUT2D eigenvalue weighted by Gasteiger charge is -2.31. The number of halogens is 3. The summed E-state index contributed by atoms with van der Waals surface area (Å²) in [6, 6.07) is 9.89. The molecule has 2 aliphatic heterocycles. The average molecular weight is 505 g/mol. The topological polar surface area (TPSA) is 75.5 Å². The number of amides is 1. The molecule has 35 heavy (non-hydrogen) atoms. The lowest BCUT2D eigenvalue weighted by molar-refractivity contribution is -0.119. The van der Waals surface area contributed by atoms with Crippen LogP contribution in [0.3, 0.4) is 0 Å². The molecule has 3 aromatic rings. The Labute approximate surface area is 200 Å². The Morgan fingerprint density at radius 3 is 2.43 bits per heavy atom. The van der Waals surface area contributed by atoms with E-state index in [4.69, 9.17) is 0 Å². The Morgan fingerprint density at radius 1 is 1.09 bits per heavy atom. The SMILES string of the molecule is O=C(Cn1c(N2CCC(F)CC2)nc2cc(F)c(F)cc21)N(c1ccccc1)C1C=CS(=O)(=O)C1. The second kappa shape index (κ2) is 9.03. The number of fused-ring (bicyclic) bond motifs is 1. The second-order valence-corrected chi connectivity index (χ2v) is 10.7. The summed E-state index contributed by atoms with van der Waals surface area (Å²) in [5.41, 5.74) is 0.895. The van der Waals surface area contributed by atoms with E-state index in [1.807, 2.05) is 0 Å². The lowest BCUT2D eigenvalue weighted by atomic mass is 10.1. The van der Waals surface area contributed by atoms with E-state index in [-0.39, 0.29) is 36.2 Å². The van der Waals surface area contributed by atoms with E-state index in [1.54, 1.807) is 35.2 Å². The van der Waals surface area contributed by atoms with Crippen molar-refractivity contribution in [2.75, 3.05) is 28.6 Å². The summed E-state index contributed by atoms with van der Waals surface area (Å²) in [4.78, 5) is 21.3. The molecule has 184 valence electrons. The summed E-state index contributed by atoms with van der Waals surface area (Å²) in [6.45, 7) is 0.386. The van der Waals surface area contributed by atoms with Crippen LogP contribution in [-0.4, -0.2) is 54.9 Å². The highest BCUT2D eigenvalue weighted by Crippen LogP contribution is 2.29. The Bertz CT molecular complexity index is 1400. The number of imidazole rings is 1. The molecule has 0 radical (unpaired) electrons. The zero-order chi connectivity index (χ0) is 24.7. The smallest absolute Gasteiger partial charge is 0.247 e. The summed E-state index contributed by atoms with van der Waals surface area (Å²) in [6.07, 6.45) is 1.08. The van der Waals surface area contributed by atoms with Crippen LogP contribution in [0.25, 0.3) is 11.0 Å². The third-order valence-corrected chi connectivity index (χ3v) is 7.69. The van der Waals surface area contributed by atoms with Gasteiger partial charge in [0, 0.05) is 36.3 Å². The van der Waals surface area contributed by atoms with Crippen LogP contribution in [-0.2, 0) is 21.2 Å². The number of hydrogen-bond acceptors (Lipinski definition) is 5. The van der Waals surface area contributed by atoms with Crippen molar-refractivity contribution in [1.82, 2.24) is 9.55 Å². The summed E-state index contributed by atoms with van der Waals surface area (Å²) in [7, 11) is -3.45. The fourth-order valence-electron chi connectivity index (χ4n) is 4.59. The molecule has 2 aliphatic rings. The van der Waals surface area contributed by atoms with Gasteiger partial charge in [0.25, 0.3) is 0 Å². The average Bonchev–Trinajstić information content (AvgIpc) is 3.35. The summed E-state index contributed by atoms with van der Waals surface area (Å²) in [5.74, 6) is -2.53. The minimum absolute atomic E-state index is 0.170. The number of benzene rings is 2. The molecule has 1 unspecified atom stereocenters. The number of nitrogens with zero attached hydrogens (tertiary/aromatic N) is 4. The molecule has 1 fully saturated rings. The number of hydrogen-bond donors (Lipinski definition) is 0. The maximum absolute atomic E-state index is 14.2. The van der Waals surface area contributed by atoms with Crippen LogP contribution >= 0.6 is 0 Å². The molecule has 1 amide bonds. The van der Waals surface area contributed by atoms with Gasteiger partial charge in [-0.1, -0.05) is 18.2 Å². The van der Waals surface area contributed by atoms with Crippen LogP contribution < -0.4 is 9.80 Å². The van der Waals surface area contributed by atoms with Gasteiger partial charge in [-0.05, 0) is 31.1 Å². The number of carbonyl (C=O) groups is 1. The summed E-state index contributed by atoms with van der Waals surface area (Å²) < 4.78 is 67.5. The largest absolute Gasteiger partial charge is 0.342 e. The van der Waals surface area contributed by atoms with Gasteiger partial charge in [0.1, 0.15) is 12.7 Å². The van der Waals surface area contributed by atoms with Gasteiger partial charge in [-0.15, -0.1) is 0 Å². The first-order chi connectivity index (χ1) is 16.7. The fourth-order valence-corrected chi connectivity index (χ4v) is 5.86. The van der Waals surface area contributed by atoms with E-state index in [2.05, 4.69) is 4.98 Å². The standard InChI is InChI=1S/C24H23F3N4O3S/c25-16-6-9-29(10-7-16)24-28-21-12-19(26)20(27)13-22(21)30(24)14-23(32)31(17-4-2-1-3-5-17)18-8-11-35(33,34)15-18/h1-5,8,11-13,16,18H,6-7,9-10,14-15H2. The molecule has 2 aromatic carbocycles. The molecule has 7 nitrogen and oxygen atoms in total. The zero-order valence-electron chi connectivity index (χ0n) is 18.6. The molecule has 0 spiro atoms. The van der Waals surface area contributed by atoms with Crippen LogP contribution in [0.4, 0.5) is 24.8 Å². The minimum Gasteiger partial charge on any atom is -0.342 e. The first kappa shape index (κ1) is 23.4. The Hall–Kier alpha value is -3.34. The number of sulfone groups is 1. The molecule has 0 saturated carbocycles. The molecule has 1 atom stereocenters. The Kier molecular flexibility index (Phi) is 6.04. The van der Waals surface area contributed by atoms with Gasteiger partial charge < -0.3 is 14.4 Å². The highest BCUT2D eigenvalue weighted by molar-refractivity contribution is 7.94. The van der Waals surface area contributed by atoms with Gasteiger partial charge in [0.15, 0.2) is 21.5 Å². The molecule has 0 aliphatic carbocycles. The van der Waals surface area contributed by atoms with E-state index < -0.39 is 39.6 Å². The number of anilines is 2. The van der Waals surface area contributed by atoms with Crippen LogP contribution in [0.1, 0.15) is 12.8 Å². The molecule has 1 saturated heterocycles. The van der Waals surface area contributed by atoms with E-state index in [9.17, 15) is 26.4 Å². The van der Waals surface area contributed by atoms with E-state index in [1.165, 1.54) is 15.5 Å². The molecular formula is C24H23F3N4O3S. The summed E-state index contributed by atoms with van der Waals surface area (Å²) in [5, 5.41) is 1.10. The van der Waals surface area contributed by atoms with E-state index in [0.717, 1.165) is 17.5 Å². The number of aromatic nitrogens is 2. The first-order valence-corrected chi connectivity index (χ1v) is 13.0. The number of piperidine rings is 1. The maximum Gasteiger partial charge on any atom is 0.247 e. The van der Waals surface area contributed by atoms with Crippen molar-refractivity contribution < 1.29 is 26.4 Å². The van der Waals surface area contributed by atoms with Gasteiger partial charge >= 0.3 is 0 Å².